The van der Waals surface area contributed by atoms with Crippen LogP contribution >= 0.6 is 0 Å². The lowest BCUT2D eigenvalue weighted by Crippen LogP contribution is -2.19. The van der Waals surface area contributed by atoms with E-state index in [1.807, 2.05) is 12.1 Å². The summed E-state index contributed by atoms with van der Waals surface area (Å²) in [5.41, 5.74) is 3.37. The quantitative estimate of drug-likeness (QED) is 0.258. The second-order valence-electron chi connectivity index (χ2n) is 7.88. The van der Waals surface area contributed by atoms with Gasteiger partial charge in [0.15, 0.2) is 11.5 Å². The Kier molecular flexibility index (Phi) is 9.60. The van der Waals surface area contributed by atoms with Gasteiger partial charge in [0, 0.05) is 19.3 Å². The maximum Gasteiger partial charge on any atom is 0.308 e. The van der Waals surface area contributed by atoms with E-state index in [4.69, 9.17) is 9.47 Å². The van der Waals surface area contributed by atoms with Gasteiger partial charge in [-0.05, 0) is 64.2 Å². The smallest absolute Gasteiger partial charge is 0.308 e. The van der Waals surface area contributed by atoms with E-state index in [1.54, 1.807) is 12.1 Å². The molecule has 1 rings (SSSR count). The maximum atomic E-state index is 11.5. The largest absolute Gasteiger partial charge is 0.423 e. The molecule has 0 heterocycles. The second kappa shape index (κ2) is 11.4. The number of allylic oxidation sites excluding steroid dienone is 5. The van der Waals surface area contributed by atoms with Gasteiger partial charge in [-0.25, -0.2) is 0 Å². The summed E-state index contributed by atoms with van der Waals surface area (Å²) in [5.74, 6) is -0.457. The van der Waals surface area contributed by atoms with Crippen LogP contribution in [-0.4, -0.2) is 11.9 Å². The third-order valence-corrected chi connectivity index (χ3v) is 4.81. The number of benzene rings is 1. The molecule has 4 heteroatoms. The van der Waals surface area contributed by atoms with Crippen molar-refractivity contribution in [2.45, 2.75) is 72.6 Å². The Morgan fingerprint density at radius 2 is 1.59 bits per heavy atom. The third-order valence-electron chi connectivity index (χ3n) is 4.81. The molecule has 158 valence electrons. The van der Waals surface area contributed by atoms with Crippen LogP contribution in [0.25, 0.3) is 0 Å². The molecule has 0 amide bonds. The number of ether oxygens (including phenoxy) is 2. The van der Waals surface area contributed by atoms with Crippen molar-refractivity contribution in [3.05, 3.63) is 59.7 Å². The van der Waals surface area contributed by atoms with Crippen LogP contribution in [0.1, 0.15) is 72.8 Å². The van der Waals surface area contributed by atoms with E-state index in [9.17, 15) is 9.59 Å². The molecule has 0 fully saturated rings. The first-order valence-corrected chi connectivity index (χ1v) is 10.0. The zero-order valence-corrected chi connectivity index (χ0v) is 18.6. The molecule has 29 heavy (non-hydrogen) atoms. The molecule has 1 aromatic rings. The molecule has 1 atom stereocenters. The zero-order chi connectivity index (χ0) is 22.0. The van der Waals surface area contributed by atoms with Crippen molar-refractivity contribution in [3.63, 3.8) is 0 Å². The lowest BCUT2D eigenvalue weighted by Gasteiger charge is -2.27. The number of carbonyl (C=O) groups excluding carboxylic acids is 2. The minimum Gasteiger partial charge on any atom is -0.423 e. The Morgan fingerprint density at radius 1 is 0.966 bits per heavy atom. The molecule has 0 N–H and O–H groups in total. The summed E-state index contributed by atoms with van der Waals surface area (Å²) in [4.78, 5) is 22.8. The minimum absolute atomic E-state index is 0.234. The van der Waals surface area contributed by atoms with Crippen molar-refractivity contribution in [1.82, 2.24) is 0 Å². The van der Waals surface area contributed by atoms with Crippen LogP contribution in [0.4, 0.5) is 0 Å². The van der Waals surface area contributed by atoms with Gasteiger partial charge in [0.1, 0.15) is 0 Å². The van der Waals surface area contributed by atoms with E-state index in [0.29, 0.717) is 0 Å². The van der Waals surface area contributed by atoms with Gasteiger partial charge >= 0.3 is 11.9 Å². The van der Waals surface area contributed by atoms with Crippen LogP contribution in [0.3, 0.4) is 0 Å². The van der Waals surface area contributed by atoms with Crippen molar-refractivity contribution in [3.8, 4) is 11.5 Å². The summed E-state index contributed by atoms with van der Waals surface area (Å²) in [7, 11) is 0. The molecule has 0 aliphatic heterocycles. The number of rotatable bonds is 10. The van der Waals surface area contributed by atoms with Crippen molar-refractivity contribution >= 4 is 11.9 Å². The van der Waals surface area contributed by atoms with E-state index >= 15 is 0 Å². The number of hydrogen-bond donors (Lipinski definition) is 0. The Bertz CT molecular complexity index is 797. The molecule has 0 aromatic heterocycles. The first kappa shape index (κ1) is 24.4. The molecule has 0 aliphatic rings. The number of esters is 2. The average molecular weight is 399 g/mol. The molecule has 4 nitrogen and oxygen atoms in total. The molecule has 0 aliphatic carbocycles. The first-order valence-electron chi connectivity index (χ1n) is 10.0. The van der Waals surface area contributed by atoms with Gasteiger partial charge in [0.25, 0.3) is 0 Å². The monoisotopic (exact) mass is 398 g/mol. The highest BCUT2D eigenvalue weighted by Gasteiger charge is 2.24. The maximum absolute atomic E-state index is 11.5. The standard InChI is InChI=1S/C25H34O4/c1-8-25(7,16-10-13-19(4)12-9-11-18(2)3)22-14-15-23(28-20(5)26)24(17-22)29-21(6)27/h8,11,13-15,17H,1,9-10,12,16H2,2-7H3/b19-13+. The molecule has 1 unspecified atom stereocenters. The Balaban J connectivity index is 2.98. The summed E-state index contributed by atoms with van der Waals surface area (Å²) >= 11 is 0. The molecule has 0 radical (unpaired) electrons. The van der Waals surface area contributed by atoms with Gasteiger partial charge in [-0.2, -0.15) is 0 Å². The van der Waals surface area contributed by atoms with E-state index in [1.165, 1.54) is 25.0 Å². The van der Waals surface area contributed by atoms with E-state index in [-0.39, 0.29) is 16.9 Å². The van der Waals surface area contributed by atoms with Gasteiger partial charge in [0.05, 0.1) is 0 Å². The lowest BCUT2D eigenvalue weighted by atomic mass is 9.78. The molecule has 0 saturated heterocycles. The van der Waals surface area contributed by atoms with Crippen molar-refractivity contribution in [2.75, 3.05) is 0 Å². The van der Waals surface area contributed by atoms with E-state index in [0.717, 1.165) is 31.2 Å². The molecule has 0 spiro atoms. The van der Waals surface area contributed by atoms with Crippen LogP contribution in [0.15, 0.2) is 54.2 Å². The Morgan fingerprint density at radius 3 is 2.14 bits per heavy atom. The van der Waals surface area contributed by atoms with E-state index in [2.05, 4.69) is 46.4 Å². The SMILES string of the molecule is C=CC(C)(CC/C=C(\C)CCC=C(C)C)c1ccc(OC(C)=O)c(OC(C)=O)c1. The van der Waals surface area contributed by atoms with Crippen LogP contribution in [0.2, 0.25) is 0 Å². The fourth-order valence-electron chi connectivity index (χ4n) is 3.01. The minimum atomic E-state index is -0.467. The number of carbonyl (C=O) groups is 2. The van der Waals surface area contributed by atoms with Gasteiger partial charge < -0.3 is 9.47 Å². The highest BCUT2D eigenvalue weighted by molar-refractivity contribution is 5.73. The fraction of sp³-hybridized carbons (Fsp3) is 0.440. The van der Waals surface area contributed by atoms with Crippen LogP contribution in [-0.2, 0) is 15.0 Å². The van der Waals surface area contributed by atoms with Crippen LogP contribution in [0, 0.1) is 0 Å². The topological polar surface area (TPSA) is 52.6 Å². The first-order chi connectivity index (χ1) is 13.6. The number of hydrogen-bond acceptors (Lipinski definition) is 4. The van der Waals surface area contributed by atoms with Crippen molar-refractivity contribution in [1.29, 1.82) is 0 Å². The second-order valence-corrected chi connectivity index (χ2v) is 7.88. The van der Waals surface area contributed by atoms with Gasteiger partial charge in [-0.1, -0.05) is 42.4 Å². The van der Waals surface area contributed by atoms with Gasteiger partial charge in [-0.3, -0.25) is 9.59 Å². The van der Waals surface area contributed by atoms with Gasteiger partial charge in [0.2, 0.25) is 0 Å². The third kappa shape index (κ3) is 8.51. The average Bonchev–Trinajstić information content (AvgIpc) is 2.61. The Hall–Kier alpha value is -2.62. The summed E-state index contributed by atoms with van der Waals surface area (Å²) in [6, 6.07) is 5.31. The summed E-state index contributed by atoms with van der Waals surface area (Å²) in [6.45, 7) is 15.1. The predicted octanol–water partition coefficient (Wildman–Crippen LogP) is 6.45. The molecule has 1 aromatic carbocycles. The highest BCUT2D eigenvalue weighted by atomic mass is 16.6. The summed E-state index contributed by atoms with van der Waals surface area (Å²) < 4.78 is 10.4. The zero-order valence-electron chi connectivity index (χ0n) is 18.6. The molecular weight excluding hydrogens is 364 g/mol. The molecule has 0 bridgehead atoms. The molecular formula is C25H34O4. The van der Waals surface area contributed by atoms with Crippen molar-refractivity contribution < 1.29 is 19.1 Å². The van der Waals surface area contributed by atoms with Crippen molar-refractivity contribution in [2.24, 2.45) is 0 Å². The fourth-order valence-corrected chi connectivity index (χ4v) is 3.01. The Labute approximate surface area is 175 Å². The molecule has 0 saturated carbocycles. The highest BCUT2D eigenvalue weighted by Crippen LogP contribution is 2.37. The predicted molar refractivity (Wildman–Crippen MR) is 118 cm³/mol. The summed E-state index contributed by atoms with van der Waals surface area (Å²) in [6.07, 6.45) is 10.3. The van der Waals surface area contributed by atoms with Gasteiger partial charge in [-0.15, -0.1) is 6.58 Å². The normalized spacial score (nSPS) is 13.2. The lowest BCUT2D eigenvalue weighted by molar-refractivity contribution is -0.134. The summed E-state index contributed by atoms with van der Waals surface area (Å²) in [5, 5.41) is 0. The van der Waals surface area contributed by atoms with Crippen LogP contribution < -0.4 is 9.47 Å². The van der Waals surface area contributed by atoms with E-state index < -0.39 is 11.9 Å². The van der Waals surface area contributed by atoms with Crippen LogP contribution in [0.5, 0.6) is 11.5 Å².